The van der Waals surface area contributed by atoms with Gasteiger partial charge < -0.3 is 10.4 Å². The Morgan fingerprint density at radius 3 is 1.90 bits per heavy atom. The minimum absolute atomic E-state index is 0.270. The first-order chi connectivity index (χ1) is 14.3. The van der Waals surface area contributed by atoms with E-state index in [1.54, 1.807) is 0 Å². The zero-order valence-corrected chi connectivity index (χ0v) is 19.7. The predicted molar refractivity (Wildman–Crippen MR) is 128 cm³/mol. The molecule has 0 fully saturated rings. The molecule has 2 N–H and O–H groups in total. The lowest BCUT2D eigenvalue weighted by atomic mass is 10.0. The van der Waals surface area contributed by atoms with Crippen molar-refractivity contribution < 1.29 is 9.59 Å². The molecule has 1 rings (SSSR count). The summed E-state index contributed by atoms with van der Waals surface area (Å²) in [6.45, 7) is 6.66. The average molecular weight is 408 g/mol. The highest BCUT2D eigenvalue weighted by atomic mass is 16.3. The third kappa shape index (κ3) is 11.8. The molecule has 0 saturated carbocycles. The number of aliphatic hydroxyl groups excluding tert-OH is 1. The van der Waals surface area contributed by atoms with Crippen molar-refractivity contribution in [2.45, 2.75) is 123 Å². The van der Waals surface area contributed by atoms with E-state index in [4.69, 9.17) is 0 Å². The van der Waals surface area contributed by atoms with E-state index in [1.165, 1.54) is 103 Å². The first-order valence-corrected chi connectivity index (χ1v) is 12.8. The van der Waals surface area contributed by atoms with E-state index in [0.29, 0.717) is 6.17 Å². The minimum Gasteiger partial charge on any atom is -0.390 e. The van der Waals surface area contributed by atoms with E-state index in [2.05, 4.69) is 43.7 Å². The number of hydrogen-bond acceptors (Lipinski definition) is 2. The summed E-state index contributed by atoms with van der Waals surface area (Å²) >= 11 is 0. The lowest BCUT2D eigenvalue weighted by Gasteiger charge is -2.36. The highest BCUT2D eigenvalue weighted by Crippen LogP contribution is 2.23. The van der Waals surface area contributed by atoms with Gasteiger partial charge in [0.1, 0.15) is 12.7 Å². The Kier molecular flexibility index (Phi) is 16.3. The molecular weight excluding hydrogens is 356 g/mol. The molecule has 0 saturated heterocycles. The number of allylic oxidation sites excluding steroid dienone is 2. The molecule has 0 spiro atoms. The van der Waals surface area contributed by atoms with Crippen molar-refractivity contribution in [3.63, 3.8) is 0 Å². The van der Waals surface area contributed by atoms with Crippen LogP contribution in [0.4, 0.5) is 0 Å². The van der Waals surface area contributed by atoms with Gasteiger partial charge in [-0.15, -0.1) is 0 Å². The maximum atomic E-state index is 9.38. The SMILES string of the molecule is CCCCCC/C=C/CCCCCCCCCCCC1NC=C[N+]1(CC)CCO. The second-order valence-corrected chi connectivity index (χ2v) is 8.94. The quantitative estimate of drug-likeness (QED) is 0.129. The Hall–Kier alpha value is -0.800. The molecule has 0 bridgehead atoms. The molecule has 1 aliphatic heterocycles. The fourth-order valence-electron chi connectivity index (χ4n) is 4.56. The van der Waals surface area contributed by atoms with E-state index in [9.17, 15) is 5.11 Å². The van der Waals surface area contributed by atoms with Crippen LogP contribution in [-0.4, -0.2) is 35.5 Å². The summed E-state index contributed by atoms with van der Waals surface area (Å²) in [6.07, 6.45) is 31.4. The fraction of sp³-hybridized carbons (Fsp3) is 0.846. The summed E-state index contributed by atoms with van der Waals surface area (Å²) in [5, 5.41) is 12.9. The topological polar surface area (TPSA) is 32.3 Å². The van der Waals surface area contributed by atoms with Crippen LogP contribution >= 0.6 is 0 Å². The van der Waals surface area contributed by atoms with Gasteiger partial charge in [0, 0.05) is 6.42 Å². The van der Waals surface area contributed by atoms with Crippen molar-refractivity contribution in [3.05, 3.63) is 24.6 Å². The maximum absolute atomic E-state index is 9.38. The van der Waals surface area contributed by atoms with Crippen LogP contribution in [0.25, 0.3) is 0 Å². The molecule has 2 atom stereocenters. The zero-order valence-electron chi connectivity index (χ0n) is 19.7. The zero-order chi connectivity index (χ0) is 21.0. The Bertz CT molecular complexity index is 421. The van der Waals surface area contributed by atoms with Gasteiger partial charge in [-0.1, -0.05) is 83.3 Å². The van der Waals surface area contributed by atoms with Crippen LogP contribution in [-0.2, 0) is 0 Å². The largest absolute Gasteiger partial charge is 0.390 e. The van der Waals surface area contributed by atoms with Crippen LogP contribution in [0.1, 0.15) is 117 Å². The summed E-state index contributed by atoms with van der Waals surface area (Å²) in [5.41, 5.74) is 0. The van der Waals surface area contributed by atoms with Gasteiger partial charge in [0.2, 0.25) is 0 Å². The Labute approximate surface area is 182 Å². The van der Waals surface area contributed by atoms with Gasteiger partial charge in [0.05, 0.1) is 19.4 Å². The molecule has 3 nitrogen and oxygen atoms in total. The number of nitrogens with zero attached hydrogens (tertiary/aromatic N) is 1. The molecule has 1 heterocycles. The lowest BCUT2D eigenvalue weighted by Crippen LogP contribution is -2.54. The smallest absolute Gasteiger partial charge is 0.166 e. The van der Waals surface area contributed by atoms with E-state index in [-0.39, 0.29) is 6.61 Å². The molecule has 0 aromatic rings. The van der Waals surface area contributed by atoms with Crippen molar-refractivity contribution in [1.82, 2.24) is 5.32 Å². The summed E-state index contributed by atoms with van der Waals surface area (Å²) in [5.74, 6) is 0. The van der Waals surface area contributed by atoms with Crippen LogP contribution in [0.2, 0.25) is 0 Å². The molecule has 0 amide bonds. The van der Waals surface area contributed by atoms with Gasteiger partial charge in [-0.25, -0.2) is 0 Å². The molecule has 0 aromatic carbocycles. The average Bonchev–Trinajstić information content (AvgIpc) is 3.13. The number of unbranched alkanes of at least 4 members (excludes halogenated alkanes) is 13. The molecule has 0 aromatic heterocycles. The second kappa shape index (κ2) is 18.0. The van der Waals surface area contributed by atoms with Crippen LogP contribution < -0.4 is 5.32 Å². The van der Waals surface area contributed by atoms with E-state index < -0.39 is 0 Å². The number of rotatable bonds is 20. The molecular formula is C26H51N2O+. The predicted octanol–water partition coefficient (Wildman–Crippen LogP) is 7.03. The maximum Gasteiger partial charge on any atom is 0.166 e. The van der Waals surface area contributed by atoms with E-state index >= 15 is 0 Å². The Morgan fingerprint density at radius 1 is 0.793 bits per heavy atom. The molecule has 170 valence electrons. The summed E-state index contributed by atoms with van der Waals surface area (Å²) in [4.78, 5) is 0. The van der Waals surface area contributed by atoms with Crippen LogP contribution in [0.15, 0.2) is 24.6 Å². The second-order valence-electron chi connectivity index (χ2n) is 8.94. The van der Waals surface area contributed by atoms with Gasteiger partial charge in [-0.05, 0) is 39.0 Å². The Balaban J connectivity index is 1.86. The van der Waals surface area contributed by atoms with Crippen LogP contribution in [0.5, 0.6) is 0 Å². The first-order valence-electron chi connectivity index (χ1n) is 12.8. The van der Waals surface area contributed by atoms with E-state index in [0.717, 1.165) is 17.6 Å². The van der Waals surface area contributed by atoms with Gasteiger partial charge in [0.25, 0.3) is 0 Å². The van der Waals surface area contributed by atoms with Crippen molar-refractivity contribution in [2.75, 3.05) is 19.7 Å². The van der Waals surface area contributed by atoms with Gasteiger partial charge in [-0.3, -0.25) is 4.48 Å². The number of nitrogens with one attached hydrogen (secondary N) is 1. The minimum atomic E-state index is 0.270. The molecule has 1 aliphatic rings. The normalized spacial score (nSPS) is 21.3. The van der Waals surface area contributed by atoms with Crippen LogP contribution in [0.3, 0.4) is 0 Å². The number of hydrogen-bond donors (Lipinski definition) is 2. The third-order valence-corrected chi connectivity index (χ3v) is 6.63. The third-order valence-electron chi connectivity index (χ3n) is 6.63. The summed E-state index contributed by atoms with van der Waals surface area (Å²) < 4.78 is 0.907. The van der Waals surface area contributed by atoms with Gasteiger partial charge in [0.15, 0.2) is 6.17 Å². The van der Waals surface area contributed by atoms with Crippen molar-refractivity contribution in [2.24, 2.45) is 0 Å². The number of likely N-dealkylation sites (N-methyl/N-ethyl adjacent to an activating group) is 1. The van der Waals surface area contributed by atoms with Crippen molar-refractivity contribution in [1.29, 1.82) is 0 Å². The monoisotopic (exact) mass is 407 g/mol. The first kappa shape index (κ1) is 26.2. The molecule has 0 radical (unpaired) electrons. The van der Waals surface area contributed by atoms with Crippen molar-refractivity contribution >= 4 is 0 Å². The number of aliphatic hydroxyl groups is 1. The Morgan fingerprint density at radius 2 is 1.34 bits per heavy atom. The van der Waals surface area contributed by atoms with E-state index in [1.807, 2.05) is 0 Å². The lowest BCUT2D eigenvalue weighted by molar-refractivity contribution is -0.900. The van der Waals surface area contributed by atoms with Gasteiger partial charge >= 0.3 is 0 Å². The highest BCUT2D eigenvalue weighted by Gasteiger charge is 2.35. The molecule has 3 heteroatoms. The van der Waals surface area contributed by atoms with Crippen molar-refractivity contribution in [3.8, 4) is 0 Å². The molecule has 2 unspecified atom stereocenters. The fourth-order valence-corrected chi connectivity index (χ4v) is 4.56. The summed E-state index contributed by atoms with van der Waals surface area (Å²) in [6, 6.07) is 0. The summed E-state index contributed by atoms with van der Waals surface area (Å²) in [7, 11) is 0. The highest BCUT2D eigenvalue weighted by molar-refractivity contribution is 4.84. The van der Waals surface area contributed by atoms with Crippen LogP contribution in [0, 0.1) is 0 Å². The molecule has 0 aliphatic carbocycles. The van der Waals surface area contributed by atoms with Gasteiger partial charge in [-0.2, -0.15) is 0 Å². The molecule has 29 heavy (non-hydrogen) atoms. The standard InChI is InChI=1S/C26H51N2O/c1-3-5-6-7-8-9-10-11-12-13-14-15-16-17-18-19-20-21-26-27-22-23-28(26,4-2)24-25-29/h9-10,22-23,26-27,29H,3-8,11-21,24-25H2,1-2H3/q+1/b10-9+. The number of quaternary nitrogens is 1.